The number of aromatic nitrogens is 1. The number of ether oxygens (including phenoxy) is 2. The van der Waals surface area contributed by atoms with Crippen molar-refractivity contribution in [3.05, 3.63) is 58.2 Å². The van der Waals surface area contributed by atoms with Crippen LogP contribution in [0.5, 0.6) is 17.2 Å². The van der Waals surface area contributed by atoms with E-state index in [-0.39, 0.29) is 5.75 Å². The monoisotopic (exact) mass is 399 g/mol. The van der Waals surface area contributed by atoms with Crippen molar-refractivity contribution in [3.8, 4) is 17.2 Å². The number of aromatic hydroxyl groups is 1. The number of halogens is 1. The lowest BCUT2D eigenvalue weighted by Gasteiger charge is -2.12. The van der Waals surface area contributed by atoms with Crippen LogP contribution in [0.3, 0.4) is 0 Å². The number of hydrogen-bond donors (Lipinski definition) is 1. The molecule has 0 radical (unpaired) electrons. The topological polar surface area (TPSA) is 51.6 Å². The predicted molar refractivity (Wildman–Crippen MR) is 104 cm³/mol. The van der Waals surface area contributed by atoms with E-state index in [1.54, 1.807) is 19.2 Å². The third kappa shape index (κ3) is 3.77. The van der Waals surface area contributed by atoms with E-state index >= 15 is 0 Å². The summed E-state index contributed by atoms with van der Waals surface area (Å²) >= 11 is 3.51. The zero-order valence-electron chi connectivity index (χ0n) is 14.0. The zero-order chi connectivity index (χ0) is 17.8. The van der Waals surface area contributed by atoms with E-state index in [2.05, 4.69) is 20.9 Å². The van der Waals surface area contributed by atoms with Crippen molar-refractivity contribution in [3.63, 3.8) is 0 Å². The molecule has 0 fully saturated rings. The molecule has 3 rings (SSSR count). The molecule has 0 unspecified atom stereocenters. The van der Waals surface area contributed by atoms with Crippen molar-refractivity contribution < 1.29 is 14.6 Å². The summed E-state index contributed by atoms with van der Waals surface area (Å²) in [6.07, 6.45) is 3.84. The van der Waals surface area contributed by atoms with Gasteiger partial charge in [0.1, 0.15) is 11.3 Å². The fourth-order valence-electron chi connectivity index (χ4n) is 2.57. The van der Waals surface area contributed by atoms with Crippen LogP contribution < -0.4 is 9.47 Å². The van der Waals surface area contributed by atoms with Crippen LogP contribution in [0.25, 0.3) is 23.1 Å². The van der Waals surface area contributed by atoms with Crippen molar-refractivity contribution in [1.29, 1.82) is 0 Å². The maximum absolute atomic E-state index is 9.95. The summed E-state index contributed by atoms with van der Waals surface area (Å²) in [7, 11) is 1.61. The molecule has 0 aliphatic heterocycles. The Labute approximate surface area is 154 Å². The van der Waals surface area contributed by atoms with Gasteiger partial charge in [0.05, 0.1) is 23.9 Å². The van der Waals surface area contributed by atoms with E-state index < -0.39 is 0 Å². The average Bonchev–Trinajstić information content (AvgIpc) is 2.61. The third-order valence-electron chi connectivity index (χ3n) is 3.70. The van der Waals surface area contributed by atoms with Crippen LogP contribution in [0.15, 0.2) is 46.9 Å². The molecular weight excluding hydrogens is 382 g/mol. The minimum atomic E-state index is 0.179. The van der Waals surface area contributed by atoms with Gasteiger partial charge in [0, 0.05) is 5.39 Å². The molecule has 1 heterocycles. The van der Waals surface area contributed by atoms with Gasteiger partial charge in [0.2, 0.25) is 0 Å². The van der Waals surface area contributed by atoms with Crippen molar-refractivity contribution >= 4 is 39.0 Å². The smallest absolute Gasteiger partial charge is 0.174 e. The molecule has 5 heteroatoms. The third-order valence-corrected chi connectivity index (χ3v) is 4.29. The Morgan fingerprint density at radius 1 is 1.16 bits per heavy atom. The Morgan fingerprint density at radius 2 is 2.00 bits per heavy atom. The van der Waals surface area contributed by atoms with E-state index in [1.807, 2.05) is 49.4 Å². The molecule has 0 atom stereocenters. The number of benzene rings is 2. The maximum Gasteiger partial charge on any atom is 0.174 e. The molecule has 0 spiro atoms. The first-order chi connectivity index (χ1) is 12.1. The van der Waals surface area contributed by atoms with Gasteiger partial charge in [-0.1, -0.05) is 24.3 Å². The largest absolute Gasteiger partial charge is 0.506 e. The molecule has 0 aliphatic rings. The number of methoxy groups -OCH3 is 1. The first-order valence-corrected chi connectivity index (χ1v) is 8.69. The number of rotatable bonds is 5. The quantitative estimate of drug-likeness (QED) is 0.633. The van der Waals surface area contributed by atoms with Crippen LogP contribution in [0.1, 0.15) is 18.2 Å². The van der Waals surface area contributed by atoms with Gasteiger partial charge in [-0.15, -0.1) is 0 Å². The Morgan fingerprint density at radius 3 is 2.76 bits per heavy atom. The Hall–Kier alpha value is -2.53. The molecular formula is C20H18BrNO3. The number of fused-ring (bicyclic) bond motifs is 1. The van der Waals surface area contributed by atoms with Crippen LogP contribution in [-0.2, 0) is 0 Å². The fraction of sp³-hybridized carbons (Fsp3) is 0.150. The predicted octanol–water partition coefficient (Wildman–Crippen LogP) is 5.28. The second-order valence-electron chi connectivity index (χ2n) is 5.39. The average molecular weight is 400 g/mol. The molecule has 1 aromatic heterocycles. The molecule has 0 aliphatic carbocycles. The standard InChI is InChI=1S/C20H18BrNO3/c1-3-25-18-12-13(11-16(21)20(18)24-2)7-9-15-10-8-14-5-4-6-17(23)19(14)22-15/h4-12,23H,3H2,1-2H3. The summed E-state index contributed by atoms with van der Waals surface area (Å²) < 4.78 is 11.8. The summed E-state index contributed by atoms with van der Waals surface area (Å²) in [5.74, 6) is 1.54. The van der Waals surface area contributed by atoms with Gasteiger partial charge in [0.15, 0.2) is 11.5 Å². The van der Waals surface area contributed by atoms with E-state index in [1.165, 1.54) is 0 Å². The van der Waals surface area contributed by atoms with E-state index in [4.69, 9.17) is 9.47 Å². The highest BCUT2D eigenvalue weighted by atomic mass is 79.9. The highest BCUT2D eigenvalue weighted by Crippen LogP contribution is 2.37. The highest BCUT2D eigenvalue weighted by Gasteiger charge is 2.10. The molecule has 0 saturated carbocycles. The maximum atomic E-state index is 9.95. The number of nitrogens with zero attached hydrogens (tertiary/aromatic N) is 1. The van der Waals surface area contributed by atoms with Crippen LogP contribution in [-0.4, -0.2) is 23.8 Å². The minimum Gasteiger partial charge on any atom is -0.506 e. The van der Waals surface area contributed by atoms with Gasteiger partial charge in [-0.3, -0.25) is 0 Å². The highest BCUT2D eigenvalue weighted by molar-refractivity contribution is 9.10. The van der Waals surface area contributed by atoms with Crippen LogP contribution >= 0.6 is 15.9 Å². The lowest BCUT2D eigenvalue weighted by Crippen LogP contribution is -1.96. The Bertz CT molecular complexity index is 938. The lowest BCUT2D eigenvalue weighted by molar-refractivity contribution is 0.310. The van der Waals surface area contributed by atoms with Gasteiger partial charge in [-0.05, 0) is 58.8 Å². The summed E-state index contributed by atoms with van der Waals surface area (Å²) in [4.78, 5) is 4.50. The van der Waals surface area contributed by atoms with Gasteiger partial charge in [0.25, 0.3) is 0 Å². The molecule has 4 nitrogen and oxygen atoms in total. The number of para-hydroxylation sites is 1. The second kappa shape index (κ2) is 7.57. The number of pyridine rings is 1. The molecule has 25 heavy (non-hydrogen) atoms. The summed E-state index contributed by atoms with van der Waals surface area (Å²) in [6.45, 7) is 2.49. The number of hydrogen-bond acceptors (Lipinski definition) is 4. The van der Waals surface area contributed by atoms with Gasteiger partial charge >= 0.3 is 0 Å². The molecule has 3 aromatic rings. The van der Waals surface area contributed by atoms with Gasteiger partial charge in [-0.25, -0.2) is 4.98 Å². The Balaban J connectivity index is 1.95. The van der Waals surface area contributed by atoms with Crippen molar-refractivity contribution in [1.82, 2.24) is 4.98 Å². The molecule has 1 N–H and O–H groups in total. The Kier molecular flexibility index (Phi) is 5.24. The number of phenolic OH excluding ortho intramolecular Hbond substituents is 1. The number of phenols is 1. The van der Waals surface area contributed by atoms with Crippen LogP contribution in [0.2, 0.25) is 0 Å². The van der Waals surface area contributed by atoms with Crippen LogP contribution in [0, 0.1) is 0 Å². The lowest BCUT2D eigenvalue weighted by atomic mass is 10.1. The summed E-state index contributed by atoms with van der Waals surface area (Å²) in [6, 6.07) is 13.1. The first-order valence-electron chi connectivity index (χ1n) is 7.89. The summed E-state index contributed by atoms with van der Waals surface area (Å²) in [5, 5.41) is 10.9. The van der Waals surface area contributed by atoms with Crippen molar-refractivity contribution in [2.45, 2.75) is 6.92 Å². The zero-order valence-corrected chi connectivity index (χ0v) is 15.6. The van der Waals surface area contributed by atoms with E-state index in [0.717, 1.165) is 21.1 Å². The fourth-order valence-corrected chi connectivity index (χ4v) is 3.19. The van der Waals surface area contributed by atoms with Gasteiger partial charge in [-0.2, -0.15) is 0 Å². The van der Waals surface area contributed by atoms with Crippen molar-refractivity contribution in [2.24, 2.45) is 0 Å². The second-order valence-corrected chi connectivity index (χ2v) is 6.24. The molecule has 0 saturated heterocycles. The minimum absolute atomic E-state index is 0.179. The van der Waals surface area contributed by atoms with E-state index in [9.17, 15) is 5.11 Å². The van der Waals surface area contributed by atoms with Crippen LogP contribution in [0.4, 0.5) is 0 Å². The SMILES string of the molecule is CCOc1cc(C=Cc2ccc3cccc(O)c3n2)cc(Br)c1OC. The molecule has 128 valence electrons. The first kappa shape index (κ1) is 17.3. The van der Waals surface area contributed by atoms with Crippen molar-refractivity contribution in [2.75, 3.05) is 13.7 Å². The molecule has 0 amide bonds. The van der Waals surface area contributed by atoms with Gasteiger partial charge < -0.3 is 14.6 Å². The summed E-state index contributed by atoms with van der Waals surface area (Å²) in [5.41, 5.74) is 2.31. The normalized spacial score (nSPS) is 11.2. The molecule has 2 aromatic carbocycles. The molecule has 0 bridgehead atoms. The van der Waals surface area contributed by atoms with E-state index in [0.29, 0.717) is 23.6 Å².